The minimum atomic E-state index is -0.149. The highest BCUT2D eigenvalue weighted by molar-refractivity contribution is 6.30. The summed E-state index contributed by atoms with van der Waals surface area (Å²) in [5.41, 5.74) is 6.70. The molecule has 0 N–H and O–H groups in total. The summed E-state index contributed by atoms with van der Waals surface area (Å²) in [6.45, 7) is 0. The van der Waals surface area contributed by atoms with Crippen molar-refractivity contribution in [2.75, 3.05) is 0 Å². The minimum Gasteiger partial charge on any atom is -0.0843 e. The molecule has 28 heavy (non-hydrogen) atoms. The summed E-state index contributed by atoms with van der Waals surface area (Å²) < 4.78 is 0. The topological polar surface area (TPSA) is 0 Å². The number of fused-ring (bicyclic) bond motifs is 1. The van der Waals surface area contributed by atoms with E-state index in [-0.39, 0.29) is 5.41 Å². The molecule has 0 saturated carbocycles. The third-order valence-electron chi connectivity index (χ3n) is 6.11. The van der Waals surface area contributed by atoms with Crippen molar-refractivity contribution in [3.05, 3.63) is 142 Å². The van der Waals surface area contributed by atoms with Gasteiger partial charge in [0.1, 0.15) is 0 Å². The van der Waals surface area contributed by atoms with Crippen LogP contribution in [-0.4, -0.2) is 0 Å². The van der Waals surface area contributed by atoms with Crippen LogP contribution in [0.25, 0.3) is 0 Å². The van der Waals surface area contributed by atoms with Crippen molar-refractivity contribution >= 4 is 11.6 Å². The third-order valence-corrected chi connectivity index (χ3v) is 6.36. The largest absolute Gasteiger partial charge is 0.0843 e. The zero-order valence-corrected chi connectivity index (χ0v) is 16.3. The van der Waals surface area contributed by atoms with Crippen LogP contribution in [0.2, 0.25) is 5.02 Å². The summed E-state index contributed by atoms with van der Waals surface area (Å²) in [5.74, 6) is 0.342. The first-order valence-electron chi connectivity index (χ1n) is 9.75. The Morgan fingerprint density at radius 3 is 1.75 bits per heavy atom. The molecule has 0 fully saturated rings. The average molecular weight is 381 g/mol. The fourth-order valence-corrected chi connectivity index (χ4v) is 4.99. The summed E-state index contributed by atoms with van der Waals surface area (Å²) in [5, 5.41) is 0.785. The Labute approximate surface area is 171 Å². The Morgan fingerprint density at radius 2 is 1.14 bits per heavy atom. The Kier molecular flexibility index (Phi) is 4.30. The highest BCUT2D eigenvalue weighted by Crippen LogP contribution is 2.55. The monoisotopic (exact) mass is 380 g/mol. The van der Waals surface area contributed by atoms with Crippen molar-refractivity contribution in [1.82, 2.24) is 0 Å². The molecule has 0 saturated heterocycles. The lowest BCUT2D eigenvalue weighted by Gasteiger charge is -2.32. The van der Waals surface area contributed by atoms with Gasteiger partial charge in [0.05, 0.1) is 0 Å². The van der Waals surface area contributed by atoms with E-state index < -0.39 is 0 Å². The molecule has 5 rings (SSSR count). The van der Waals surface area contributed by atoms with E-state index in [1.165, 1.54) is 27.8 Å². The van der Waals surface area contributed by atoms with Crippen LogP contribution in [0.1, 0.15) is 40.2 Å². The maximum atomic E-state index is 6.17. The average Bonchev–Trinajstić information content (AvgIpc) is 3.12. The van der Waals surface area contributed by atoms with Gasteiger partial charge in [-0.2, -0.15) is 0 Å². The van der Waals surface area contributed by atoms with E-state index in [1.807, 2.05) is 12.1 Å². The maximum absolute atomic E-state index is 6.17. The lowest BCUT2D eigenvalue weighted by atomic mass is 9.69. The summed E-state index contributed by atoms with van der Waals surface area (Å²) in [7, 11) is 0. The molecular weight excluding hydrogens is 360 g/mol. The van der Waals surface area contributed by atoms with Crippen LogP contribution in [0.3, 0.4) is 0 Å². The quantitative estimate of drug-likeness (QED) is 0.352. The van der Waals surface area contributed by atoms with Crippen molar-refractivity contribution in [2.45, 2.75) is 17.8 Å². The van der Waals surface area contributed by atoms with Gasteiger partial charge in [-0.15, -0.1) is 0 Å². The van der Waals surface area contributed by atoms with Crippen LogP contribution in [0.4, 0.5) is 0 Å². The van der Waals surface area contributed by atoms with Crippen LogP contribution in [0.5, 0.6) is 0 Å². The number of hydrogen-bond acceptors (Lipinski definition) is 0. The van der Waals surface area contributed by atoms with Gasteiger partial charge < -0.3 is 0 Å². The SMILES string of the molecule is Clc1ccc(C2CC(c3ccccc3)(c3ccccc3)c3ccccc32)cc1. The van der Waals surface area contributed by atoms with Crippen LogP contribution in [0, 0.1) is 0 Å². The first-order chi connectivity index (χ1) is 13.8. The smallest absolute Gasteiger partial charge is 0.0463 e. The summed E-state index contributed by atoms with van der Waals surface area (Å²) in [4.78, 5) is 0. The Hall–Kier alpha value is -2.83. The van der Waals surface area contributed by atoms with Crippen molar-refractivity contribution in [3.63, 3.8) is 0 Å². The van der Waals surface area contributed by atoms with Gasteiger partial charge in [0.25, 0.3) is 0 Å². The maximum Gasteiger partial charge on any atom is 0.0463 e. The van der Waals surface area contributed by atoms with Crippen LogP contribution in [-0.2, 0) is 5.41 Å². The van der Waals surface area contributed by atoms with Gasteiger partial charge >= 0.3 is 0 Å². The van der Waals surface area contributed by atoms with Gasteiger partial charge in [-0.3, -0.25) is 0 Å². The number of rotatable bonds is 3. The molecule has 0 radical (unpaired) electrons. The molecule has 4 aromatic carbocycles. The van der Waals surface area contributed by atoms with Crippen molar-refractivity contribution in [1.29, 1.82) is 0 Å². The standard InChI is InChI=1S/C27H21Cl/c28-23-17-15-20(16-18-23)25-19-27(21-9-3-1-4-10-21,22-11-5-2-6-12-22)26-14-8-7-13-24(25)26/h1-18,25H,19H2. The van der Waals surface area contributed by atoms with Gasteiger partial charge in [-0.1, -0.05) is 109 Å². The van der Waals surface area contributed by atoms with E-state index in [0.29, 0.717) is 5.92 Å². The normalized spacial score (nSPS) is 17.2. The fourth-order valence-electron chi connectivity index (χ4n) is 4.87. The molecule has 1 aliphatic rings. The van der Waals surface area contributed by atoms with Crippen LogP contribution in [0.15, 0.2) is 109 Å². The van der Waals surface area contributed by atoms with E-state index in [2.05, 4.69) is 97.1 Å². The second-order valence-corrected chi connectivity index (χ2v) is 7.97. The number of halogens is 1. The van der Waals surface area contributed by atoms with Crippen molar-refractivity contribution < 1.29 is 0 Å². The molecule has 0 aliphatic heterocycles. The molecule has 0 nitrogen and oxygen atoms in total. The second-order valence-electron chi connectivity index (χ2n) is 7.53. The van der Waals surface area contributed by atoms with Gasteiger partial charge in [0, 0.05) is 16.4 Å². The molecule has 1 aliphatic carbocycles. The van der Waals surface area contributed by atoms with Crippen molar-refractivity contribution in [2.24, 2.45) is 0 Å². The highest BCUT2D eigenvalue weighted by atomic mass is 35.5. The third kappa shape index (κ3) is 2.68. The summed E-state index contributed by atoms with van der Waals surface area (Å²) in [6, 6.07) is 39.2. The van der Waals surface area contributed by atoms with Gasteiger partial charge in [-0.25, -0.2) is 0 Å². The number of hydrogen-bond donors (Lipinski definition) is 0. The molecule has 0 bridgehead atoms. The minimum absolute atomic E-state index is 0.149. The van der Waals surface area contributed by atoms with Gasteiger partial charge in [0.2, 0.25) is 0 Å². The molecule has 0 heterocycles. The van der Waals surface area contributed by atoms with E-state index in [0.717, 1.165) is 11.4 Å². The predicted molar refractivity (Wildman–Crippen MR) is 117 cm³/mol. The van der Waals surface area contributed by atoms with Crippen LogP contribution >= 0.6 is 11.6 Å². The number of benzene rings is 4. The summed E-state index contributed by atoms with van der Waals surface area (Å²) >= 11 is 6.17. The Balaban J connectivity index is 1.77. The highest BCUT2D eigenvalue weighted by Gasteiger charge is 2.46. The fraction of sp³-hybridized carbons (Fsp3) is 0.111. The predicted octanol–water partition coefficient (Wildman–Crippen LogP) is 7.21. The Bertz CT molecular complexity index is 1040. The second kappa shape index (κ2) is 6.96. The van der Waals surface area contributed by atoms with E-state index >= 15 is 0 Å². The lowest BCUT2D eigenvalue weighted by Crippen LogP contribution is -2.26. The first-order valence-corrected chi connectivity index (χ1v) is 10.1. The zero-order chi connectivity index (χ0) is 19.0. The lowest BCUT2D eigenvalue weighted by molar-refractivity contribution is 0.577. The molecular formula is C27H21Cl. The molecule has 0 amide bonds. The van der Waals surface area contributed by atoms with Gasteiger partial charge in [-0.05, 0) is 46.4 Å². The molecule has 1 heteroatoms. The van der Waals surface area contributed by atoms with Crippen molar-refractivity contribution in [3.8, 4) is 0 Å². The zero-order valence-electron chi connectivity index (χ0n) is 15.6. The molecule has 0 aromatic heterocycles. The Morgan fingerprint density at radius 1 is 0.607 bits per heavy atom. The van der Waals surface area contributed by atoms with Crippen LogP contribution < -0.4 is 0 Å². The molecule has 136 valence electrons. The summed E-state index contributed by atoms with van der Waals surface area (Å²) in [6.07, 6.45) is 1.02. The molecule has 1 unspecified atom stereocenters. The van der Waals surface area contributed by atoms with E-state index in [4.69, 9.17) is 11.6 Å². The van der Waals surface area contributed by atoms with E-state index in [1.54, 1.807) is 0 Å². The first kappa shape index (κ1) is 17.3. The molecule has 4 aromatic rings. The molecule has 0 spiro atoms. The van der Waals surface area contributed by atoms with Gasteiger partial charge in [0.15, 0.2) is 0 Å². The molecule has 1 atom stereocenters. The van der Waals surface area contributed by atoms with E-state index in [9.17, 15) is 0 Å².